The van der Waals surface area contributed by atoms with Crippen LogP contribution in [0.3, 0.4) is 0 Å². The molecule has 3 atom stereocenters. The molecule has 112 valence electrons. The lowest BCUT2D eigenvalue weighted by Crippen LogP contribution is -2.48. The molecule has 1 N–H and O–H groups in total. The van der Waals surface area contributed by atoms with Crippen molar-refractivity contribution >= 4 is 14.6 Å². The zero-order chi connectivity index (χ0) is 14.9. The van der Waals surface area contributed by atoms with Crippen LogP contribution in [0.5, 0.6) is 0 Å². The smallest absolute Gasteiger partial charge is 0.140 e. The SMILES string of the molecule is CC(C)=S(=O)(c1ccccc1F)N1CCC(O)C(F)C1. The molecule has 1 aliphatic rings. The number of rotatable bonds is 2. The summed E-state index contributed by atoms with van der Waals surface area (Å²) >= 11 is 0. The summed E-state index contributed by atoms with van der Waals surface area (Å²) in [5.41, 5.74) is 0. The summed E-state index contributed by atoms with van der Waals surface area (Å²) < 4.78 is 42.5. The maximum Gasteiger partial charge on any atom is 0.140 e. The highest BCUT2D eigenvalue weighted by atomic mass is 32.2. The van der Waals surface area contributed by atoms with Crippen molar-refractivity contribution in [1.82, 2.24) is 4.31 Å². The Morgan fingerprint density at radius 1 is 1.40 bits per heavy atom. The number of nitrogens with zero attached hydrogens (tertiary/aromatic N) is 1. The van der Waals surface area contributed by atoms with Crippen LogP contribution in [-0.4, -0.2) is 43.9 Å². The molecule has 6 heteroatoms. The molecule has 3 unspecified atom stereocenters. The van der Waals surface area contributed by atoms with Crippen LogP contribution < -0.4 is 0 Å². The van der Waals surface area contributed by atoms with Crippen LogP contribution >= 0.6 is 0 Å². The zero-order valence-electron chi connectivity index (χ0n) is 11.6. The second-order valence-corrected chi connectivity index (χ2v) is 7.95. The molecule has 3 nitrogen and oxygen atoms in total. The van der Waals surface area contributed by atoms with Gasteiger partial charge in [0, 0.05) is 13.1 Å². The van der Waals surface area contributed by atoms with Gasteiger partial charge in [-0.05, 0) is 37.3 Å². The lowest BCUT2D eigenvalue weighted by atomic mass is 10.1. The van der Waals surface area contributed by atoms with Crippen molar-refractivity contribution < 1.29 is 18.1 Å². The highest BCUT2D eigenvalue weighted by molar-refractivity contribution is 8.00. The van der Waals surface area contributed by atoms with Crippen LogP contribution in [0.15, 0.2) is 29.2 Å². The Labute approximate surface area is 118 Å². The van der Waals surface area contributed by atoms with Gasteiger partial charge in [0.1, 0.15) is 12.0 Å². The molecule has 20 heavy (non-hydrogen) atoms. The quantitative estimate of drug-likeness (QED) is 0.849. The molecule has 1 fully saturated rings. The normalized spacial score (nSPS) is 27.1. The number of hydrogen-bond acceptors (Lipinski definition) is 2. The number of halogens is 2. The van der Waals surface area contributed by atoms with Crippen molar-refractivity contribution in [2.75, 3.05) is 13.1 Å². The number of benzene rings is 1. The Hall–Kier alpha value is -0.980. The van der Waals surface area contributed by atoms with E-state index in [1.807, 2.05) is 0 Å². The molecule has 0 bridgehead atoms. The van der Waals surface area contributed by atoms with E-state index >= 15 is 0 Å². The Kier molecular flexibility index (Phi) is 4.46. The van der Waals surface area contributed by atoms with Gasteiger partial charge in [-0.15, -0.1) is 0 Å². The first-order valence-corrected chi connectivity index (χ1v) is 8.05. The third-order valence-electron chi connectivity index (χ3n) is 3.52. The number of alkyl halides is 1. The standard InChI is InChI=1S/C14H19F2NO2S/c1-10(2)20(19,14-6-4-3-5-11(14)15)17-8-7-13(18)12(16)9-17/h3-6,12-13,18H,7-9H2,1-2H3. The first-order chi connectivity index (χ1) is 9.37. The van der Waals surface area contributed by atoms with Gasteiger partial charge in [0.2, 0.25) is 0 Å². The van der Waals surface area contributed by atoms with E-state index in [1.165, 1.54) is 22.5 Å². The summed E-state index contributed by atoms with van der Waals surface area (Å²) in [6.45, 7) is 3.44. The largest absolute Gasteiger partial charge is 0.390 e. The van der Waals surface area contributed by atoms with Gasteiger partial charge < -0.3 is 5.11 Å². The minimum absolute atomic E-state index is 0.0867. The van der Waals surface area contributed by atoms with E-state index in [9.17, 15) is 18.1 Å². The van der Waals surface area contributed by atoms with Gasteiger partial charge in [0.05, 0.1) is 20.7 Å². The molecular formula is C14H19F2NO2S. The van der Waals surface area contributed by atoms with Crippen LogP contribution in [0.4, 0.5) is 8.78 Å². The highest BCUT2D eigenvalue weighted by Gasteiger charge is 2.34. The summed E-state index contributed by atoms with van der Waals surface area (Å²) in [5.74, 6) is -0.555. The van der Waals surface area contributed by atoms with Crippen molar-refractivity contribution in [2.24, 2.45) is 0 Å². The number of aliphatic hydroxyl groups excluding tert-OH is 1. The van der Waals surface area contributed by atoms with E-state index < -0.39 is 27.8 Å². The molecule has 0 saturated carbocycles. The molecule has 0 aromatic heterocycles. The highest BCUT2D eigenvalue weighted by Crippen LogP contribution is 2.26. The molecule has 1 aromatic rings. The van der Waals surface area contributed by atoms with Gasteiger partial charge in [-0.25, -0.2) is 17.3 Å². The van der Waals surface area contributed by atoms with E-state index in [-0.39, 0.29) is 24.4 Å². The summed E-state index contributed by atoms with van der Waals surface area (Å²) in [7, 11) is -2.95. The molecule has 0 radical (unpaired) electrons. The average molecular weight is 303 g/mol. The third kappa shape index (κ3) is 2.60. The maximum absolute atomic E-state index is 14.0. The second kappa shape index (κ2) is 5.79. The van der Waals surface area contributed by atoms with E-state index in [1.54, 1.807) is 19.9 Å². The van der Waals surface area contributed by atoms with Crippen LogP contribution in [0.25, 0.3) is 0 Å². The van der Waals surface area contributed by atoms with E-state index in [2.05, 4.69) is 0 Å². The van der Waals surface area contributed by atoms with Gasteiger partial charge in [0.15, 0.2) is 0 Å². The Morgan fingerprint density at radius 2 is 2.05 bits per heavy atom. The molecule has 2 rings (SSSR count). The summed E-state index contributed by atoms with van der Waals surface area (Å²) in [6, 6.07) is 5.88. The van der Waals surface area contributed by atoms with Gasteiger partial charge >= 0.3 is 0 Å². The van der Waals surface area contributed by atoms with Crippen LogP contribution in [-0.2, 0) is 9.71 Å². The Balaban J connectivity index is 2.51. The van der Waals surface area contributed by atoms with E-state index in [0.717, 1.165) is 0 Å². The van der Waals surface area contributed by atoms with Crippen molar-refractivity contribution in [3.05, 3.63) is 30.1 Å². The fraction of sp³-hybridized carbons (Fsp3) is 0.500. The third-order valence-corrected chi connectivity index (χ3v) is 6.61. The maximum atomic E-state index is 14.0. The van der Waals surface area contributed by atoms with Crippen LogP contribution in [0, 0.1) is 5.82 Å². The van der Waals surface area contributed by atoms with Gasteiger partial charge in [-0.1, -0.05) is 12.1 Å². The van der Waals surface area contributed by atoms with Crippen molar-refractivity contribution in [3.8, 4) is 0 Å². The predicted octanol–water partition coefficient (Wildman–Crippen LogP) is 2.00. The zero-order valence-corrected chi connectivity index (χ0v) is 12.4. The monoisotopic (exact) mass is 303 g/mol. The molecule has 0 spiro atoms. The van der Waals surface area contributed by atoms with Crippen molar-refractivity contribution in [1.29, 1.82) is 0 Å². The minimum Gasteiger partial charge on any atom is -0.390 e. The molecular weight excluding hydrogens is 284 g/mol. The van der Waals surface area contributed by atoms with E-state index in [4.69, 9.17) is 0 Å². The topological polar surface area (TPSA) is 40.5 Å². The van der Waals surface area contributed by atoms with Gasteiger partial charge in [0.25, 0.3) is 0 Å². The first-order valence-electron chi connectivity index (χ1n) is 6.53. The Bertz CT molecular complexity index is 607. The van der Waals surface area contributed by atoms with Crippen molar-refractivity contribution in [2.45, 2.75) is 37.4 Å². The van der Waals surface area contributed by atoms with Crippen molar-refractivity contribution in [3.63, 3.8) is 0 Å². The molecule has 0 amide bonds. The number of aliphatic hydroxyl groups is 1. The molecule has 1 aromatic carbocycles. The molecule has 1 aliphatic heterocycles. The summed E-state index contributed by atoms with van der Waals surface area (Å²) in [6.07, 6.45) is -2.30. The number of hydrogen-bond donors (Lipinski definition) is 1. The predicted molar refractivity (Wildman–Crippen MR) is 76.3 cm³/mol. The summed E-state index contributed by atoms with van der Waals surface area (Å²) in [5, 5.41) is 9.45. The molecule has 0 aliphatic carbocycles. The lowest BCUT2D eigenvalue weighted by Gasteiger charge is -2.35. The summed E-state index contributed by atoms with van der Waals surface area (Å²) in [4.78, 5) is 0.620. The lowest BCUT2D eigenvalue weighted by molar-refractivity contribution is 0.0313. The van der Waals surface area contributed by atoms with Crippen LogP contribution in [0.1, 0.15) is 20.3 Å². The Morgan fingerprint density at radius 3 is 2.60 bits per heavy atom. The minimum atomic E-state index is -2.95. The van der Waals surface area contributed by atoms with Gasteiger partial charge in [-0.3, -0.25) is 0 Å². The van der Waals surface area contributed by atoms with E-state index in [0.29, 0.717) is 4.86 Å². The fourth-order valence-corrected chi connectivity index (χ4v) is 4.93. The van der Waals surface area contributed by atoms with Crippen LogP contribution in [0.2, 0.25) is 0 Å². The number of piperidine rings is 1. The second-order valence-electron chi connectivity index (χ2n) is 5.12. The van der Waals surface area contributed by atoms with Gasteiger partial charge in [-0.2, -0.15) is 0 Å². The molecule has 1 saturated heterocycles. The molecule has 1 heterocycles. The fourth-order valence-electron chi connectivity index (χ4n) is 2.38. The average Bonchev–Trinajstić information content (AvgIpc) is 2.41. The first kappa shape index (κ1) is 15.4.